The molecule has 0 saturated heterocycles. The Hall–Kier alpha value is -0.500. The Morgan fingerprint density at radius 1 is 1.50 bits per heavy atom. The molecule has 2 N–H and O–H groups in total. The molecule has 1 amide bonds. The molecule has 0 aliphatic rings. The predicted octanol–water partition coefficient (Wildman–Crippen LogP) is 0.869. The Morgan fingerprint density at radius 2 is 2.29 bits per heavy atom. The number of nitrogens with zero attached hydrogens (tertiary/aromatic N) is 1. The molecule has 1 aromatic carbocycles. The molecule has 1 heterocycles. The summed E-state index contributed by atoms with van der Waals surface area (Å²) in [7, 11) is 0. The first-order chi connectivity index (χ1) is 6.75. The minimum atomic E-state index is -0.352. The molecule has 2 rings (SSSR count). The van der Waals surface area contributed by atoms with Gasteiger partial charge in [0.2, 0.25) is 0 Å². The Balaban J connectivity index is 2.22. The van der Waals surface area contributed by atoms with Crippen LogP contribution < -0.4 is 5.73 Å². The topological polar surface area (TPSA) is 56.0 Å². The SMILES string of the molecule is NC(=O)CSc1nc2ccccc2[te]1. The van der Waals surface area contributed by atoms with Crippen molar-refractivity contribution in [3.05, 3.63) is 24.3 Å². The molecule has 0 spiro atoms. The van der Waals surface area contributed by atoms with Gasteiger partial charge in [-0.3, -0.25) is 0 Å². The van der Waals surface area contributed by atoms with Crippen LogP contribution >= 0.6 is 11.8 Å². The third-order valence-corrected chi connectivity index (χ3v) is 6.32. The molecule has 0 bridgehead atoms. The quantitative estimate of drug-likeness (QED) is 0.674. The third kappa shape index (κ3) is 2.30. The number of carbonyl (C=O) groups excluding carboxylic acids is 1. The van der Waals surface area contributed by atoms with Crippen molar-refractivity contribution in [2.45, 2.75) is 3.04 Å². The molecule has 0 unspecified atom stereocenters. The summed E-state index contributed by atoms with van der Waals surface area (Å²) in [5.74, 6) is 0.0681. The zero-order chi connectivity index (χ0) is 9.97. The van der Waals surface area contributed by atoms with Crippen LogP contribution in [0.2, 0.25) is 0 Å². The van der Waals surface area contributed by atoms with Gasteiger partial charge in [0.15, 0.2) is 0 Å². The van der Waals surface area contributed by atoms with Crippen LogP contribution in [-0.2, 0) is 4.79 Å². The second-order valence-electron chi connectivity index (χ2n) is 2.70. The van der Waals surface area contributed by atoms with Gasteiger partial charge in [0.1, 0.15) is 0 Å². The summed E-state index contributed by atoms with van der Waals surface area (Å²) in [5, 5.41) is 0. The van der Waals surface area contributed by atoms with Gasteiger partial charge in [0.05, 0.1) is 0 Å². The van der Waals surface area contributed by atoms with Crippen LogP contribution in [0, 0.1) is 0 Å². The number of para-hydroxylation sites is 1. The van der Waals surface area contributed by atoms with E-state index in [4.69, 9.17) is 5.73 Å². The average Bonchev–Trinajstić information content (AvgIpc) is 2.57. The summed E-state index contributed by atoms with van der Waals surface area (Å²) in [5.41, 5.74) is 6.15. The van der Waals surface area contributed by atoms with E-state index < -0.39 is 0 Å². The number of nitrogens with two attached hydrogens (primary N) is 1. The number of aromatic nitrogens is 1. The normalized spacial score (nSPS) is 10.6. The molecule has 0 atom stereocenters. The Bertz CT molecular complexity index is 436. The summed E-state index contributed by atoms with van der Waals surface area (Å²) in [6.45, 7) is 0. The van der Waals surface area contributed by atoms with E-state index in [9.17, 15) is 4.79 Å². The van der Waals surface area contributed by atoms with Crippen molar-refractivity contribution in [3.8, 4) is 0 Å². The molecule has 14 heavy (non-hydrogen) atoms. The number of rotatable bonds is 3. The molecule has 2 aromatic rings. The second kappa shape index (κ2) is 4.35. The number of primary amides is 1. The first-order valence-corrected chi connectivity index (χ1v) is 7.34. The van der Waals surface area contributed by atoms with Gasteiger partial charge >= 0.3 is 95.6 Å². The Morgan fingerprint density at radius 3 is 3.00 bits per heavy atom. The van der Waals surface area contributed by atoms with Gasteiger partial charge < -0.3 is 0 Å². The molecular weight excluding hydrogens is 312 g/mol. The number of hydrogen-bond acceptors (Lipinski definition) is 3. The van der Waals surface area contributed by atoms with Crippen LogP contribution in [0.1, 0.15) is 0 Å². The number of amides is 1. The number of carbonyl (C=O) groups is 1. The molecule has 0 saturated carbocycles. The fraction of sp³-hybridized carbons (Fsp3) is 0.111. The van der Waals surface area contributed by atoms with E-state index in [0.29, 0.717) is 5.75 Å². The number of benzene rings is 1. The van der Waals surface area contributed by atoms with E-state index in [-0.39, 0.29) is 26.3 Å². The first-order valence-electron chi connectivity index (χ1n) is 4.02. The van der Waals surface area contributed by atoms with E-state index in [1.807, 2.05) is 18.2 Å². The fourth-order valence-electron chi connectivity index (χ4n) is 1.05. The van der Waals surface area contributed by atoms with Crippen LogP contribution in [0.5, 0.6) is 0 Å². The Kier molecular flexibility index (Phi) is 3.12. The summed E-state index contributed by atoms with van der Waals surface area (Å²) in [4.78, 5) is 15.0. The van der Waals surface area contributed by atoms with Gasteiger partial charge in [-0.1, -0.05) is 0 Å². The standard InChI is InChI=1S/C9H8N2OSTe/c10-8(12)5-13-9-11-6-3-1-2-4-7(6)14-9/h1-4H,5H2,(H2,10,12). The number of thioether (sulfide) groups is 1. The molecule has 3 nitrogen and oxygen atoms in total. The van der Waals surface area contributed by atoms with Gasteiger partial charge in [0.25, 0.3) is 0 Å². The van der Waals surface area contributed by atoms with Crippen LogP contribution in [0.3, 0.4) is 0 Å². The molecular formula is C9H8N2OSTe. The van der Waals surface area contributed by atoms with Crippen molar-refractivity contribution in [3.63, 3.8) is 0 Å². The van der Waals surface area contributed by atoms with Crippen molar-refractivity contribution in [2.75, 3.05) is 5.75 Å². The first kappa shape index (κ1) is 10.0. The van der Waals surface area contributed by atoms with E-state index in [1.54, 1.807) is 0 Å². The molecule has 0 aliphatic heterocycles. The van der Waals surface area contributed by atoms with Gasteiger partial charge in [-0.15, -0.1) is 0 Å². The van der Waals surface area contributed by atoms with Crippen molar-refractivity contribution < 1.29 is 4.79 Å². The van der Waals surface area contributed by atoms with Crippen molar-refractivity contribution in [2.24, 2.45) is 5.73 Å². The van der Waals surface area contributed by atoms with Crippen LogP contribution in [0.4, 0.5) is 0 Å². The van der Waals surface area contributed by atoms with E-state index in [2.05, 4.69) is 11.1 Å². The van der Waals surface area contributed by atoms with Gasteiger partial charge in [-0.2, -0.15) is 0 Å². The zero-order valence-corrected chi connectivity index (χ0v) is 10.4. The minimum absolute atomic E-state index is 0.277. The zero-order valence-electron chi connectivity index (χ0n) is 7.27. The number of hydrogen-bond donors (Lipinski definition) is 1. The number of fused-ring (bicyclic) bond motifs is 1. The second-order valence-corrected chi connectivity index (χ2v) is 7.42. The molecule has 0 aliphatic carbocycles. The predicted molar refractivity (Wildman–Crippen MR) is 58.6 cm³/mol. The fourth-order valence-corrected chi connectivity index (χ4v) is 5.13. The molecule has 0 radical (unpaired) electrons. The van der Waals surface area contributed by atoms with Crippen LogP contribution in [0.25, 0.3) is 8.92 Å². The maximum atomic E-state index is 10.6. The van der Waals surface area contributed by atoms with Crippen LogP contribution in [-0.4, -0.2) is 37.1 Å². The maximum absolute atomic E-state index is 10.6. The summed E-state index contributed by atoms with van der Waals surface area (Å²) >= 11 is 1.13. The van der Waals surface area contributed by atoms with E-state index >= 15 is 0 Å². The van der Waals surface area contributed by atoms with Crippen molar-refractivity contribution in [1.82, 2.24) is 4.98 Å². The van der Waals surface area contributed by atoms with Gasteiger partial charge in [-0.25, -0.2) is 0 Å². The molecule has 1 aromatic heterocycles. The summed E-state index contributed by atoms with van der Waals surface area (Å²) < 4.78 is 2.46. The van der Waals surface area contributed by atoms with Gasteiger partial charge in [-0.05, 0) is 0 Å². The van der Waals surface area contributed by atoms with Crippen molar-refractivity contribution >= 4 is 47.0 Å². The van der Waals surface area contributed by atoms with Crippen LogP contribution in [0.15, 0.2) is 27.3 Å². The molecule has 0 fully saturated rings. The average molecular weight is 320 g/mol. The van der Waals surface area contributed by atoms with E-state index in [0.717, 1.165) is 8.56 Å². The Labute approximate surface area is 95.3 Å². The summed E-state index contributed by atoms with van der Waals surface area (Å²) in [6, 6.07) is 8.13. The molecule has 72 valence electrons. The third-order valence-electron chi connectivity index (χ3n) is 1.61. The monoisotopic (exact) mass is 322 g/mol. The summed E-state index contributed by atoms with van der Waals surface area (Å²) in [6.07, 6.45) is 0. The van der Waals surface area contributed by atoms with Crippen molar-refractivity contribution in [1.29, 1.82) is 0 Å². The van der Waals surface area contributed by atoms with E-state index in [1.165, 1.54) is 15.2 Å². The van der Waals surface area contributed by atoms with Gasteiger partial charge in [0, 0.05) is 0 Å². The molecule has 5 heteroatoms.